The monoisotopic (exact) mass is 258 g/mol. The number of nitrogens with zero attached hydrogens (tertiary/aromatic N) is 2. The minimum absolute atomic E-state index is 0.119. The smallest absolute Gasteiger partial charge is 0.173 e. The van der Waals surface area contributed by atoms with Gasteiger partial charge in [-0.25, -0.2) is 4.98 Å². The van der Waals surface area contributed by atoms with Crippen molar-refractivity contribution in [2.75, 3.05) is 5.75 Å². The number of thioether (sulfide) groups is 1. The first-order valence-electron chi connectivity index (χ1n) is 5.80. The molecule has 0 aliphatic heterocycles. The van der Waals surface area contributed by atoms with Gasteiger partial charge in [0.25, 0.3) is 0 Å². The lowest BCUT2D eigenvalue weighted by molar-refractivity contribution is 0.102. The fourth-order valence-electron chi connectivity index (χ4n) is 1.51. The van der Waals surface area contributed by atoms with E-state index in [9.17, 15) is 4.79 Å². The molecule has 4 heteroatoms. The number of aryl methyl sites for hydroxylation is 1. The van der Waals surface area contributed by atoms with Gasteiger partial charge in [-0.05, 0) is 12.0 Å². The molecule has 18 heavy (non-hydrogen) atoms. The third kappa shape index (κ3) is 3.40. The van der Waals surface area contributed by atoms with Gasteiger partial charge in [0.1, 0.15) is 5.03 Å². The fourth-order valence-corrected chi connectivity index (χ4v) is 2.23. The number of Topliss-reactive ketones (excluding diaryl/α,β-unsaturated/α-hetero) is 1. The summed E-state index contributed by atoms with van der Waals surface area (Å²) in [7, 11) is 0. The van der Waals surface area contributed by atoms with Crippen molar-refractivity contribution in [2.45, 2.75) is 18.4 Å². The number of carbonyl (C=O) groups is 1. The number of ketones is 1. The number of benzene rings is 1. The standard InChI is InChI=1S/C14H14N2OS/c1-2-11-3-5-12(6-4-11)13(17)10-18-14-9-15-7-8-16-14/h3-9H,2,10H2,1H3. The number of hydrogen-bond donors (Lipinski definition) is 0. The quantitative estimate of drug-likeness (QED) is 0.610. The Morgan fingerprint density at radius 2 is 2.00 bits per heavy atom. The molecule has 0 amide bonds. The second-order valence-corrected chi connectivity index (χ2v) is 4.80. The normalized spacial score (nSPS) is 10.3. The zero-order valence-corrected chi connectivity index (χ0v) is 11.0. The number of hydrogen-bond acceptors (Lipinski definition) is 4. The van der Waals surface area contributed by atoms with Crippen LogP contribution >= 0.6 is 11.8 Å². The summed E-state index contributed by atoms with van der Waals surface area (Å²) in [5.74, 6) is 0.512. The van der Waals surface area contributed by atoms with Crippen molar-refractivity contribution >= 4 is 17.5 Å². The molecule has 2 rings (SSSR count). The van der Waals surface area contributed by atoms with Gasteiger partial charge in [0.05, 0.1) is 11.9 Å². The predicted molar refractivity (Wildman–Crippen MR) is 72.9 cm³/mol. The third-order valence-corrected chi connectivity index (χ3v) is 3.49. The van der Waals surface area contributed by atoms with E-state index < -0.39 is 0 Å². The van der Waals surface area contributed by atoms with Crippen molar-refractivity contribution in [1.82, 2.24) is 9.97 Å². The van der Waals surface area contributed by atoms with Crippen LogP contribution in [0.3, 0.4) is 0 Å². The minimum atomic E-state index is 0.119. The Kier molecular flexibility index (Phi) is 4.47. The first kappa shape index (κ1) is 12.8. The van der Waals surface area contributed by atoms with Crippen LogP contribution in [0.5, 0.6) is 0 Å². The summed E-state index contributed by atoms with van der Waals surface area (Å²) in [5, 5.41) is 0.774. The molecule has 0 saturated carbocycles. The summed E-state index contributed by atoms with van der Waals surface area (Å²) < 4.78 is 0. The highest BCUT2D eigenvalue weighted by molar-refractivity contribution is 7.99. The fraction of sp³-hybridized carbons (Fsp3) is 0.214. The SMILES string of the molecule is CCc1ccc(C(=O)CSc2cnccn2)cc1. The van der Waals surface area contributed by atoms with Crippen molar-refractivity contribution < 1.29 is 4.79 Å². The maximum absolute atomic E-state index is 11.9. The summed E-state index contributed by atoms with van der Waals surface area (Å²) in [5.41, 5.74) is 2.00. The van der Waals surface area contributed by atoms with Crippen LogP contribution in [-0.4, -0.2) is 21.5 Å². The Morgan fingerprint density at radius 3 is 2.61 bits per heavy atom. The second kappa shape index (κ2) is 6.31. The van der Waals surface area contributed by atoms with Gasteiger partial charge in [0.2, 0.25) is 0 Å². The molecule has 0 spiro atoms. The Hall–Kier alpha value is -1.68. The minimum Gasteiger partial charge on any atom is -0.293 e. The highest BCUT2D eigenvalue weighted by Crippen LogP contribution is 2.15. The van der Waals surface area contributed by atoms with Crippen molar-refractivity contribution in [3.05, 3.63) is 54.0 Å². The zero-order valence-electron chi connectivity index (χ0n) is 10.2. The van der Waals surface area contributed by atoms with Gasteiger partial charge in [-0.1, -0.05) is 43.0 Å². The van der Waals surface area contributed by atoms with Crippen LogP contribution in [-0.2, 0) is 6.42 Å². The lowest BCUT2D eigenvalue weighted by Gasteiger charge is -2.02. The van der Waals surface area contributed by atoms with Gasteiger partial charge in [-0.2, -0.15) is 0 Å². The maximum atomic E-state index is 11.9. The van der Waals surface area contributed by atoms with E-state index in [0.717, 1.165) is 17.0 Å². The zero-order chi connectivity index (χ0) is 12.8. The molecular weight excluding hydrogens is 244 g/mol. The topological polar surface area (TPSA) is 42.9 Å². The average molecular weight is 258 g/mol. The van der Waals surface area contributed by atoms with Gasteiger partial charge in [0, 0.05) is 18.0 Å². The van der Waals surface area contributed by atoms with Gasteiger partial charge in [-0.15, -0.1) is 0 Å². The second-order valence-electron chi connectivity index (χ2n) is 3.81. The molecule has 0 radical (unpaired) electrons. The lowest BCUT2D eigenvalue weighted by atomic mass is 10.1. The van der Waals surface area contributed by atoms with Crippen molar-refractivity contribution in [3.63, 3.8) is 0 Å². The Labute approximate surface area is 111 Å². The van der Waals surface area contributed by atoms with Crippen LogP contribution < -0.4 is 0 Å². The molecule has 0 fully saturated rings. The van der Waals surface area contributed by atoms with Gasteiger partial charge in [0.15, 0.2) is 5.78 Å². The molecule has 2 aromatic rings. The molecular formula is C14H14N2OS. The van der Waals surface area contributed by atoms with E-state index in [0.29, 0.717) is 5.75 Å². The number of aromatic nitrogens is 2. The van der Waals surface area contributed by atoms with E-state index in [-0.39, 0.29) is 5.78 Å². The van der Waals surface area contributed by atoms with Gasteiger partial charge < -0.3 is 0 Å². The van der Waals surface area contributed by atoms with Gasteiger partial charge >= 0.3 is 0 Å². The van der Waals surface area contributed by atoms with E-state index >= 15 is 0 Å². The van der Waals surface area contributed by atoms with E-state index in [4.69, 9.17) is 0 Å². The molecule has 0 aliphatic rings. The molecule has 1 heterocycles. The van der Waals surface area contributed by atoms with E-state index in [1.807, 2.05) is 24.3 Å². The van der Waals surface area contributed by atoms with Crippen molar-refractivity contribution in [2.24, 2.45) is 0 Å². The van der Waals surface area contributed by atoms with Crippen LogP contribution in [0, 0.1) is 0 Å². The van der Waals surface area contributed by atoms with Crippen LogP contribution in [0.1, 0.15) is 22.8 Å². The molecule has 0 bridgehead atoms. The third-order valence-electron chi connectivity index (χ3n) is 2.57. The largest absolute Gasteiger partial charge is 0.293 e. The molecule has 0 aliphatic carbocycles. The lowest BCUT2D eigenvalue weighted by Crippen LogP contribution is -2.02. The summed E-state index contributed by atoms with van der Waals surface area (Å²) in [6, 6.07) is 7.78. The predicted octanol–water partition coefficient (Wildman–Crippen LogP) is 3.01. The van der Waals surface area contributed by atoms with E-state index in [1.54, 1.807) is 18.6 Å². The maximum Gasteiger partial charge on any atom is 0.173 e. The first-order chi connectivity index (χ1) is 8.79. The van der Waals surface area contributed by atoms with Crippen LogP contribution in [0.2, 0.25) is 0 Å². The molecule has 0 atom stereocenters. The molecule has 92 valence electrons. The summed E-state index contributed by atoms with van der Waals surface area (Å²) in [4.78, 5) is 20.0. The van der Waals surface area contributed by atoms with Gasteiger partial charge in [-0.3, -0.25) is 9.78 Å². The average Bonchev–Trinajstić information content (AvgIpc) is 2.46. The molecule has 1 aromatic heterocycles. The number of rotatable bonds is 5. The first-order valence-corrected chi connectivity index (χ1v) is 6.79. The number of carbonyl (C=O) groups excluding carboxylic acids is 1. The summed E-state index contributed by atoms with van der Waals surface area (Å²) >= 11 is 1.41. The van der Waals surface area contributed by atoms with E-state index in [1.165, 1.54) is 17.3 Å². The summed E-state index contributed by atoms with van der Waals surface area (Å²) in [6.07, 6.45) is 5.90. The molecule has 0 saturated heterocycles. The van der Waals surface area contributed by atoms with Crippen LogP contribution in [0.4, 0.5) is 0 Å². The molecule has 0 N–H and O–H groups in total. The molecule has 1 aromatic carbocycles. The van der Waals surface area contributed by atoms with Crippen molar-refractivity contribution in [3.8, 4) is 0 Å². The van der Waals surface area contributed by atoms with Crippen molar-refractivity contribution in [1.29, 1.82) is 0 Å². The highest BCUT2D eigenvalue weighted by atomic mass is 32.2. The Bertz CT molecular complexity index is 511. The molecule has 0 unspecified atom stereocenters. The molecule has 3 nitrogen and oxygen atoms in total. The van der Waals surface area contributed by atoms with Crippen LogP contribution in [0.15, 0.2) is 47.9 Å². The highest BCUT2D eigenvalue weighted by Gasteiger charge is 2.07. The van der Waals surface area contributed by atoms with Crippen LogP contribution in [0.25, 0.3) is 0 Å². The Morgan fingerprint density at radius 1 is 1.22 bits per heavy atom. The Balaban J connectivity index is 1.95. The van der Waals surface area contributed by atoms with E-state index in [2.05, 4.69) is 16.9 Å². The summed E-state index contributed by atoms with van der Waals surface area (Å²) in [6.45, 7) is 2.10.